The van der Waals surface area contributed by atoms with Crippen LogP contribution in [0.15, 0.2) is 85.2 Å². The van der Waals surface area contributed by atoms with Crippen LogP contribution in [0.5, 0.6) is 11.5 Å². The topological polar surface area (TPSA) is 35.0 Å². The van der Waals surface area contributed by atoms with Crippen molar-refractivity contribution in [1.29, 1.82) is 0 Å². The van der Waals surface area contributed by atoms with E-state index in [4.69, 9.17) is 17.9 Å². The monoisotopic (exact) mass is 765 g/mol. The second-order valence-corrected chi connectivity index (χ2v) is 12.6. The van der Waals surface area contributed by atoms with E-state index in [1.54, 1.807) is 0 Å². The first-order chi connectivity index (χ1) is 23.1. The molecule has 0 bridgehead atoms. The Morgan fingerprint density at radius 1 is 0.795 bits per heavy atom. The molecule has 2 heterocycles. The molecule has 0 amide bonds. The van der Waals surface area contributed by atoms with E-state index in [2.05, 4.69) is 50.9 Å². The van der Waals surface area contributed by atoms with E-state index < -0.39 is 13.7 Å². The van der Waals surface area contributed by atoms with Crippen LogP contribution in [0.25, 0.3) is 33.6 Å². The van der Waals surface area contributed by atoms with Crippen LogP contribution in [0.3, 0.4) is 0 Å². The molecule has 5 aromatic rings. The number of nitrogens with zero attached hydrogens (tertiary/aromatic N) is 2. The molecular weight excluding hydrogens is 720 g/mol. The molecule has 1 aliphatic carbocycles. The third-order valence-electron chi connectivity index (χ3n) is 8.63. The maximum absolute atomic E-state index is 8.03. The first kappa shape index (κ1) is 24.7. The molecule has 0 radical (unpaired) electrons. The number of ether oxygens (including phenoxy) is 1. The van der Waals surface area contributed by atoms with E-state index in [9.17, 15) is 0 Å². The number of benzene rings is 3. The minimum Gasteiger partial charge on any atom is -0.497 e. The molecule has 2 aromatic heterocycles. The number of hydrogen-bond acceptors (Lipinski definition) is 3. The van der Waals surface area contributed by atoms with E-state index in [0.717, 1.165) is 35.0 Å². The minimum atomic E-state index is -2.65. The predicted molar refractivity (Wildman–Crippen MR) is 176 cm³/mol. The number of aromatic nitrogens is 2. The largest absolute Gasteiger partial charge is 2.00 e. The van der Waals surface area contributed by atoms with Crippen molar-refractivity contribution in [3.63, 3.8) is 0 Å². The van der Waals surface area contributed by atoms with E-state index >= 15 is 0 Å². The summed E-state index contributed by atoms with van der Waals surface area (Å²) in [6.07, 6.45) is 6.64. The third-order valence-corrected chi connectivity index (χ3v) is 8.63. The Bertz CT molecular complexity index is 1970. The molecule has 1 aliphatic rings. The molecule has 0 N–H and O–H groups in total. The van der Waals surface area contributed by atoms with Crippen LogP contribution in [0.4, 0.5) is 0 Å². The van der Waals surface area contributed by atoms with Crippen LogP contribution < -0.4 is 4.74 Å². The summed E-state index contributed by atoms with van der Waals surface area (Å²) in [6.45, 7) is 3.95. The fourth-order valence-electron chi connectivity index (χ4n) is 6.41. The summed E-state index contributed by atoms with van der Waals surface area (Å²) in [5, 5.41) is 0. The average Bonchev–Trinajstić information content (AvgIpc) is 3.04. The van der Waals surface area contributed by atoms with Crippen molar-refractivity contribution in [2.45, 2.75) is 66.6 Å². The van der Waals surface area contributed by atoms with Crippen molar-refractivity contribution in [3.05, 3.63) is 120 Å². The van der Waals surface area contributed by atoms with Crippen LogP contribution in [-0.4, -0.2) is 9.97 Å². The normalized spacial score (nSPS) is 20.1. The molecule has 4 heteroatoms. The average molecular weight is 766 g/mol. The first-order valence-electron chi connectivity index (χ1n) is 17.9. The molecule has 2 unspecified atom stereocenters. The Balaban J connectivity index is 0.00000486. The molecular formula is C40H40N2OPt. The van der Waals surface area contributed by atoms with Crippen molar-refractivity contribution in [2.24, 2.45) is 11.3 Å². The molecule has 1 fully saturated rings. The van der Waals surface area contributed by atoms with E-state index in [-0.39, 0.29) is 37.9 Å². The van der Waals surface area contributed by atoms with Gasteiger partial charge in [-0.25, -0.2) is 0 Å². The number of hydrogen-bond donors (Lipinski definition) is 0. The van der Waals surface area contributed by atoms with Crippen LogP contribution in [0.1, 0.15) is 76.4 Å². The summed E-state index contributed by atoms with van der Waals surface area (Å²) < 4.78 is 54.1. The Morgan fingerprint density at radius 3 is 2.27 bits per heavy atom. The van der Waals surface area contributed by atoms with Crippen LogP contribution in [-0.2, 0) is 21.1 Å². The second-order valence-electron chi connectivity index (χ2n) is 12.6. The Kier molecular flexibility index (Phi) is 7.42. The Morgan fingerprint density at radius 2 is 1.52 bits per heavy atom. The van der Waals surface area contributed by atoms with Crippen molar-refractivity contribution in [1.82, 2.24) is 9.97 Å². The maximum Gasteiger partial charge on any atom is 2.00 e. The number of aryl methyl sites for hydroxylation is 3. The standard InChI is InChI=1S/C40H40N2O.Pt/c1-26-17-38(41-24-28(26)3)33-18-32(30-11-8-7-9-12-30)20-35(21-33)43-34-14-10-13-31(19-34)39-22-37(29(4)25-42-39)36-15-16-40(5,6)23-27(36)2;/h7-14,17-18,20,22,24-25,27,36H,15-16,23H2,1-6H3;/q-2;+2/i1D3,3D3;. The zero-order valence-electron chi connectivity index (χ0n) is 31.5. The molecule has 1 saturated carbocycles. The van der Waals surface area contributed by atoms with Crippen molar-refractivity contribution < 1.29 is 34.0 Å². The first-order valence-corrected chi connectivity index (χ1v) is 14.9. The van der Waals surface area contributed by atoms with Crippen molar-refractivity contribution in [3.8, 4) is 45.1 Å². The van der Waals surface area contributed by atoms with E-state index in [1.807, 2.05) is 66.9 Å². The number of pyridine rings is 2. The molecule has 2 atom stereocenters. The van der Waals surface area contributed by atoms with Gasteiger partial charge in [-0.1, -0.05) is 92.6 Å². The maximum atomic E-state index is 8.03. The Labute approximate surface area is 285 Å². The van der Waals surface area contributed by atoms with Gasteiger partial charge in [-0.2, -0.15) is 0 Å². The van der Waals surface area contributed by atoms with Gasteiger partial charge < -0.3 is 14.7 Å². The minimum absolute atomic E-state index is 0. The molecule has 0 aliphatic heterocycles. The fraction of sp³-hybridized carbons (Fsp3) is 0.300. The fourth-order valence-corrected chi connectivity index (χ4v) is 6.41. The van der Waals surface area contributed by atoms with Crippen LogP contribution >= 0.6 is 0 Å². The SMILES string of the molecule is [2H]C([2H])([2H])c1cnc(-c2[c-]c(Oc3[c-]c(-c4cc(C5CCC(C)(C)CC5C)c(C)cn4)ccc3)cc(-c3ccccc3)c2)cc1C([2H])([2H])[2H].[Pt+2]. The van der Waals surface area contributed by atoms with Gasteiger partial charge in [0.25, 0.3) is 0 Å². The quantitative estimate of drug-likeness (QED) is 0.162. The second kappa shape index (κ2) is 13.2. The summed E-state index contributed by atoms with van der Waals surface area (Å²) in [6, 6.07) is 29.3. The van der Waals surface area contributed by atoms with Gasteiger partial charge in [0.15, 0.2) is 0 Å². The summed E-state index contributed by atoms with van der Waals surface area (Å²) in [5.41, 5.74) is 6.43. The molecule has 226 valence electrons. The van der Waals surface area contributed by atoms with Gasteiger partial charge >= 0.3 is 21.1 Å². The molecule has 0 spiro atoms. The van der Waals surface area contributed by atoms with Gasteiger partial charge in [0, 0.05) is 32.1 Å². The van der Waals surface area contributed by atoms with Crippen LogP contribution in [0, 0.1) is 44.1 Å². The van der Waals surface area contributed by atoms with Gasteiger partial charge in [0.2, 0.25) is 0 Å². The third kappa shape index (κ3) is 7.05. The van der Waals surface area contributed by atoms with Gasteiger partial charge in [0.05, 0.1) is 0 Å². The zero-order valence-corrected chi connectivity index (χ0v) is 27.8. The summed E-state index contributed by atoms with van der Waals surface area (Å²) >= 11 is 0. The summed E-state index contributed by atoms with van der Waals surface area (Å²) in [4.78, 5) is 9.16. The summed E-state index contributed by atoms with van der Waals surface area (Å²) in [5.74, 6) is 1.90. The molecule has 6 rings (SSSR count). The van der Waals surface area contributed by atoms with E-state index in [0.29, 0.717) is 34.3 Å². The van der Waals surface area contributed by atoms with Crippen molar-refractivity contribution in [2.75, 3.05) is 0 Å². The van der Waals surface area contributed by atoms with Crippen LogP contribution in [0.2, 0.25) is 0 Å². The van der Waals surface area contributed by atoms with Gasteiger partial charge in [-0.3, -0.25) is 0 Å². The molecule has 3 nitrogen and oxygen atoms in total. The van der Waals surface area contributed by atoms with E-state index in [1.165, 1.54) is 30.0 Å². The van der Waals surface area contributed by atoms with Crippen molar-refractivity contribution >= 4 is 0 Å². The molecule has 0 saturated heterocycles. The molecule has 44 heavy (non-hydrogen) atoms. The smallest absolute Gasteiger partial charge is 0.497 e. The zero-order chi connectivity index (χ0) is 35.1. The van der Waals surface area contributed by atoms with Gasteiger partial charge in [-0.15, -0.1) is 35.4 Å². The summed E-state index contributed by atoms with van der Waals surface area (Å²) in [7, 11) is 0. The molecule has 3 aromatic carbocycles. The number of rotatable bonds is 6. The predicted octanol–water partition coefficient (Wildman–Crippen LogP) is 10.7. The Hall–Kier alpha value is -3.55. The van der Waals surface area contributed by atoms with Gasteiger partial charge in [0.1, 0.15) is 0 Å². The van der Waals surface area contributed by atoms with Gasteiger partial charge in [-0.05, 0) is 90.8 Å².